The van der Waals surface area contributed by atoms with Crippen molar-refractivity contribution in [3.8, 4) is 17.4 Å². The number of methoxy groups -OCH3 is 1. The average molecular weight is 420 g/mol. The Balaban J connectivity index is 1.67. The molecule has 5 nitrogen and oxygen atoms in total. The molecule has 1 N–H and O–H groups in total. The van der Waals surface area contributed by atoms with E-state index in [4.69, 9.17) is 14.5 Å². The fourth-order valence-electron chi connectivity index (χ4n) is 3.30. The molecule has 6 heteroatoms. The zero-order valence-corrected chi connectivity index (χ0v) is 18.6. The van der Waals surface area contributed by atoms with E-state index in [0.717, 1.165) is 43.7 Å². The van der Waals surface area contributed by atoms with Crippen LogP contribution < -0.4 is 14.8 Å². The second kappa shape index (κ2) is 7.95. The quantitative estimate of drug-likeness (QED) is 0.384. The molecule has 2 heterocycles. The Morgan fingerprint density at radius 3 is 2.60 bits per heavy atom. The van der Waals surface area contributed by atoms with Gasteiger partial charge in [0.15, 0.2) is 5.13 Å². The van der Waals surface area contributed by atoms with Crippen LogP contribution in [0.4, 0.5) is 10.8 Å². The van der Waals surface area contributed by atoms with Crippen LogP contribution in [-0.2, 0) is 5.41 Å². The molecule has 4 rings (SSSR count). The Kier molecular flexibility index (Phi) is 5.35. The van der Waals surface area contributed by atoms with E-state index in [-0.39, 0.29) is 5.41 Å². The van der Waals surface area contributed by atoms with Crippen molar-refractivity contribution in [2.75, 3.05) is 12.4 Å². The van der Waals surface area contributed by atoms with E-state index in [9.17, 15) is 0 Å². The maximum Gasteiger partial charge on any atom is 0.243 e. The molecule has 0 amide bonds. The maximum atomic E-state index is 6.26. The lowest BCUT2D eigenvalue weighted by atomic mass is 9.86. The number of thiazole rings is 1. The zero-order valence-electron chi connectivity index (χ0n) is 17.8. The lowest BCUT2D eigenvalue weighted by Crippen LogP contribution is -2.12. The first-order valence-corrected chi connectivity index (χ1v) is 10.6. The van der Waals surface area contributed by atoms with Crippen LogP contribution in [0.3, 0.4) is 0 Å². The van der Waals surface area contributed by atoms with Crippen LogP contribution in [-0.4, -0.2) is 17.1 Å². The summed E-state index contributed by atoms with van der Waals surface area (Å²) in [6, 6.07) is 15.9. The number of fused-ring (bicyclic) bond motifs is 1. The summed E-state index contributed by atoms with van der Waals surface area (Å²) in [6.07, 6.45) is 1.73. The number of nitrogens with zero attached hydrogens (tertiary/aromatic N) is 2. The fourth-order valence-corrected chi connectivity index (χ4v) is 4.28. The number of ether oxygens (including phenoxy) is 2. The smallest absolute Gasteiger partial charge is 0.243 e. The standard InChI is InChI=1S/C24H25N3O2S/c1-15-13-16(28-5)14-20-21(15)27-23(30-20)26-18-10-8-12-25-22(18)29-19-11-7-6-9-17(19)24(2,3)4/h6-14H,1-5H3,(H,26,27). The van der Waals surface area contributed by atoms with Crippen molar-refractivity contribution in [2.45, 2.75) is 33.1 Å². The number of aryl methyl sites for hydroxylation is 1. The minimum absolute atomic E-state index is 0.0391. The van der Waals surface area contributed by atoms with E-state index >= 15 is 0 Å². The van der Waals surface area contributed by atoms with Gasteiger partial charge in [-0.2, -0.15) is 0 Å². The summed E-state index contributed by atoms with van der Waals surface area (Å²) in [6.45, 7) is 8.55. The lowest BCUT2D eigenvalue weighted by Gasteiger charge is -2.22. The second-order valence-corrected chi connectivity index (χ2v) is 9.17. The largest absolute Gasteiger partial charge is 0.497 e. The molecular formula is C24H25N3O2S. The summed E-state index contributed by atoms with van der Waals surface area (Å²) in [5.74, 6) is 2.15. The first-order valence-electron chi connectivity index (χ1n) is 9.80. The van der Waals surface area contributed by atoms with Crippen molar-refractivity contribution < 1.29 is 9.47 Å². The Morgan fingerprint density at radius 2 is 1.83 bits per heavy atom. The van der Waals surface area contributed by atoms with Crippen LogP contribution >= 0.6 is 11.3 Å². The van der Waals surface area contributed by atoms with Crippen LogP contribution in [0.1, 0.15) is 31.9 Å². The molecule has 0 radical (unpaired) electrons. The summed E-state index contributed by atoms with van der Waals surface area (Å²) in [7, 11) is 1.68. The van der Waals surface area contributed by atoms with E-state index in [1.165, 1.54) is 0 Å². The number of anilines is 2. The minimum atomic E-state index is -0.0391. The Hall–Kier alpha value is -3.12. The van der Waals surface area contributed by atoms with E-state index in [1.807, 2.05) is 49.4 Å². The van der Waals surface area contributed by atoms with Crippen molar-refractivity contribution in [1.82, 2.24) is 9.97 Å². The van der Waals surface area contributed by atoms with Gasteiger partial charge in [-0.05, 0) is 48.2 Å². The number of aromatic nitrogens is 2. The first-order chi connectivity index (χ1) is 14.3. The number of benzene rings is 2. The van der Waals surface area contributed by atoms with Crippen LogP contribution in [0.25, 0.3) is 10.2 Å². The van der Waals surface area contributed by atoms with Gasteiger partial charge in [-0.25, -0.2) is 9.97 Å². The average Bonchev–Trinajstić information content (AvgIpc) is 3.12. The molecule has 0 aliphatic carbocycles. The summed E-state index contributed by atoms with van der Waals surface area (Å²) < 4.78 is 12.7. The topological polar surface area (TPSA) is 56.3 Å². The molecule has 0 aliphatic rings. The molecule has 0 saturated carbocycles. The van der Waals surface area contributed by atoms with E-state index in [1.54, 1.807) is 24.6 Å². The molecule has 4 aromatic rings. The molecule has 0 unspecified atom stereocenters. The van der Waals surface area contributed by atoms with Gasteiger partial charge in [-0.1, -0.05) is 50.3 Å². The van der Waals surface area contributed by atoms with Gasteiger partial charge in [0.2, 0.25) is 5.88 Å². The summed E-state index contributed by atoms with van der Waals surface area (Å²) in [5, 5.41) is 4.17. The predicted molar refractivity (Wildman–Crippen MR) is 124 cm³/mol. The molecule has 0 aliphatic heterocycles. The SMILES string of the molecule is COc1cc(C)c2nc(Nc3cccnc3Oc3ccccc3C(C)(C)C)sc2c1. The molecule has 30 heavy (non-hydrogen) atoms. The fraction of sp³-hybridized carbons (Fsp3) is 0.250. The molecule has 0 saturated heterocycles. The monoisotopic (exact) mass is 419 g/mol. The van der Waals surface area contributed by atoms with E-state index in [0.29, 0.717) is 5.88 Å². The van der Waals surface area contributed by atoms with Crippen molar-refractivity contribution in [3.05, 3.63) is 65.9 Å². The molecule has 0 atom stereocenters. The van der Waals surface area contributed by atoms with Gasteiger partial charge in [0.1, 0.15) is 17.2 Å². The lowest BCUT2D eigenvalue weighted by molar-refractivity contribution is 0.415. The Morgan fingerprint density at radius 1 is 1.03 bits per heavy atom. The Bertz CT molecular complexity index is 1190. The molecule has 2 aromatic carbocycles. The van der Waals surface area contributed by atoms with Gasteiger partial charge in [0.05, 0.1) is 17.3 Å². The van der Waals surface area contributed by atoms with Crippen molar-refractivity contribution in [3.63, 3.8) is 0 Å². The van der Waals surface area contributed by atoms with Crippen LogP contribution in [0, 0.1) is 6.92 Å². The van der Waals surface area contributed by atoms with Gasteiger partial charge in [-0.15, -0.1) is 0 Å². The number of hydrogen-bond donors (Lipinski definition) is 1. The summed E-state index contributed by atoms with van der Waals surface area (Å²) in [5.41, 5.74) is 3.90. The zero-order chi connectivity index (χ0) is 21.3. The molecule has 2 aromatic heterocycles. The van der Waals surface area contributed by atoms with Gasteiger partial charge in [-0.3, -0.25) is 0 Å². The molecule has 154 valence electrons. The number of nitrogens with one attached hydrogen (secondary N) is 1. The van der Waals surface area contributed by atoms with Crippen molar-refractivity contribution in [1.29, 1.82) is 0 Å². The molecular weight excluding hydrogens is 394 g/mol. The van der Waals surface area contributed by atoms with Gasteiger partial charge < -0.3 is 14.8 Å². The van der Waals surface area contributed by atoms with Crippen LogP contribution in [0.15, 0.2) is 54.7 Å². The van der Waals surface area contributed by atoms with E-state index < -0.39 is 0 Å². The third-order valence-electron chi connectivity index (χ3n) is 4.81. The normalized spacial score (nSPS) is 11.5. The number of rotatable bonds is 5. The van der Waals surface area contributed by atoms with Gasteiger partial charge in [0.25, 0.3) is 0 Å². The number of hydrogen-bond acceptors (Lipinski definition) is 6. The predicted octanol–water partition coefficient (Wildman–Crippen LogP) is 6.84. The van der Waals surface area contributed by atoms with Crippen molar-refractivity contribution >= 4 is 32.4 Å². The molecule has 0 spiro atoms. The highest BCUT2D eigenvalue weighted by Gasteiger charge is 2.20. The highest BCUT2D eigenvalue weighted by Crippen LogP contribution is 2.38. The molecule has 0 fully saturated rings. The number of para-hydroxylation sites is 1. The maximum absolute atomic E-state index is 6.26. The third-order valence-corrected chi connectivity index (χ3v) is 5.73. The summed E-state index contributed by atoms with van der Waals surface area (Å²) >= 11 is 1.57. The third kappa shape index (κ3) is 4.09. The highest BCUT2D eigenvalue weighted by atomic mass is 32.1. The van der Waals surface area contributed by atoms with Crippen molar-refractivity contribution in [2.24, 2.45) is 0 Å². The van der Waals surface area contributed by atoms with Crippen LogP contribution in [0.5, 0.6) is 17.4 Å². The van der Waals surface area contributed by atoms with Gasteiger partial charge >= 0.3 is 0 Å². The number of pyridine rings is 1. The Labute approximate surface area is 180 Å². The van der Waals surface area contributed by atoms with Crippen LogP contribution in [0.2, 0.25) is 0 Å². The van der Waals surface area contributed by atoms with Gasteiger partial charge in [0, 0.05) is 11.8 Å². The molecule has 0 bridgehead atoms. The van der Waals surface area contributed by atoms with E-state index in [2.05, 4.69) is 37.1 Å². The first kappa shape index (κ1) is 20.2. The summed E-state index contributed by atoms with van der Waals surface area (Å²) in [4.78, 5) is 9.22. The second-order valence-electron chi connectivity index (χ2n) is 8.14. The highest BCUT2D eigenvalue weighted by molar-refractivity contribution is 7.22. The minimum Gasteiger partial charge on any atom is -0.497 e.